The minimum atomic E-state index is 0.377. The minimum absolute atomic E-state index is 0.377. The fourth-order valence-corrected chi connectivity index (χ4v) is 2.11. The molecular weight excluding hydrogens is 271 g/mol. The van der Waals surface area contributed by atoms with Gasteiger partial charge in [-0.15, -0.1) is 0 Å². The molecule has 0 amide bonds. The molecule has 0 aliphatic heterocycles. The highest BCUT2D eigenvalue weighted by Gasteiger charge is 2.07. The molecule has 92 valence electrons. The van der Waals surface area contributed by atoms with Gasteiger partial charge < -0.3 is 0 Å². The molecular formula is C13H10Cl2N2O. The number of halogens is 2. The van der Waals surface area contributed by atoms with Crippen molar-refractivity contribution in [1.82, 2.24) is 9.97 Å². The number of nitrogens with zero attached hydrogens (tertiary/aromatic N) is 2. The van der Waals surface area contributed by atoms with Gasteiger partial charge in [0.25, 0.3) is 0 Å². The number of aromatic nitrogens is 2. The van der Waals surface area contributed by atoms with E-state index in [-0.39, 0.29) is 0 Å². The summed E-state index contributed by atoms with van der Waals surface area (Å²) in [5.41, 5.74) is 2.01. The molecule has 0 unspecified atom stereocenters. The van der Waals surface area contributed by atoms with Crippen LogP contribution in [0.1, 0.15) is 27.6 Å². The number of benzene rings is 1. The van der Waals surface area contributed by atoms with Gasteiger partial charge in [0.1, 0.15) is 11.5 Å². The summed E-state index contributed by atoms with van der Waals surface area (Å²) >= 11 is 11.9. The van der Waals surface area contributed by atoms with Crippen LogP contribution in [0.3, 0.4) is 0 Å². The molecule has 3 nitrogen and oxygen atoms in total. The predicted octanol–water partition coefficient (Wildman–Crippen LogP) is 3.50. The van der Waals surface area contributed by atoms with E-state index in [1.165, 1.54) is 0 Å². The summed E-state index contributed by atoms with van der Waals surface area (Å²) in [7, 11) is 0. The first-order valence-electron chi connectivity index (χ1n) is 5.32. The van der Waals surface area contributed by atoms with Crippen LogP contribution >= 0.6 is 23.2 Å². The molecule has 1 heterocycles. The third kappa shape index (κ3) is 3.06. The second-order valence-corrected chi connectivity index (χ2v) is 4.72. The Morgan fingerprint density at radius 3 is 2.67 bits per heavy atom. The average Bonchev–Trinajstić information content (AvgIpc) is 2.32. The summed E-state index contributed by atoms with van der Waals surface area (Å²) in [6.45, 7) is 1.82. The highest BCUT2D eigenvalue weighted by atomic mass is 35.5. The maximum atomic E-state index is 10.7. The predicted molar refractivity (Wildman–Crippen MR) is 71.4 cm³/mol. The fourth-order valence-electron chi connectivity index (χ4n) is 1.63. The van der Waals surface area contributed by atoms with Crippen molar-refractivity contribution in [3.05, 3.63) is 57.1 Å². The smallest absolute Gasteiger partial charge is 0.168 e. The van der Waals surface area contributed by atoms with Gasteiger partial charge in [0, 0.05) is 22.2 Å². The molecule has 1 aromatic carbocycles. The summed E-state index contributed by atoms with van der Waals surface area (Å²) < 4.78 is 0. The van der Waals surface area contributed by atoms with Crippen molar-refractivity contribution in [1.29, 1.82) is 0 Å². The molecule has 0 spiro atoms. The molecule has 18 heavy (non-hydrogen) atoms. The molecule has 0 radical (unpaired) electrons. The lowest BCUT2D eigenvalue weighted by Crippen LogP contribution is -2.02. The quantitative estimate of drug-likeness (QED) is 0.809. The molecule has 2 rings (SSSR count). The number of rotatable bonds is 3. The molecule has 5 heteroatoms. The Kier molecular flexibility index (Phi) is 3.94. The Morgan fingerprint density at radius 2 is 2.00 bits per heavy atom. The largest absolute Gasteiger partial charge is 0.296 e. The van der Waals surface area contributed by atoms with Crippen LogP contribution in [0, 0.1) is 6.92 Å². The SMILES string of the molecule is Cc1cc(C=O)nc(Cc2ccc(Cl)cc2Cl)n1. The van der Waals surface area contributed by atoms with E-state index in [1.54, 1.807) is 18.2 Å². The average molecular weight is 281 g/mol. The minimum Gasteiger partial charge on any atom is -0.296 e. The standard InChI is InChI=1S/C13H10Cl2N2O/c1-8-4-11(7-18)17-13(16-8)5-9-2-3-10(14)6-12(9)15/h2-4,6-7H,5H2,1H3. The molecule has 0 N–H and O–H groups in total. The monoisotopic (exact) mass is 280 g/mol. The zero-order valence-corrected chi connectivity index (χ0v) is 11.2. The van der Waals surface area contributed by atoms with Crippen molar-refractivity contribution < 1.29 is 4.79 Å². The lowest BCUT2D eigenvalue weighted by atomic mass is 10.1. The van der Waals surface area contributed by atoms with Gasteiger partial charge in [-0.25, -0.2) is 9.97 Å². The topological polar surface area (TPSA) is 42.9 Å². The highest BCUT2D eigenvalue weighted by Crippen LogP contribution is 2.22. The second kappa shape index (κ2) is 5.46. The van der Waals surface area contributed by atoms with Crippen LogP contribution in [0.4, 0.5) is 0 Å². The highest BCUT2D eigenvalue weighted by molar-refractivity contribution is 6.35. The van der Waals surface area contributed by atoms with Crippen molar-refractivity contribution >= 4 is 29.5 Å². The molecule has 0 aliphatic rings. The number of aryl methyl sites for hydroxylation is 1. The normalized spacial score (nSPS) is 10.4. The fraction of sp³-hybridized carbons (Fsp3) is 0.154. The number of carbonyl (C=O) groups is 1. The summed E-state index contributed by atoms with van der Waals surface area (Å²) in [6.07, 6.45) is 1.18. The van der Waals surface area contributed by atoms with E-state index in [0.29, 0.717) is 34.3 Å². The molecule has 0 saturated heterocycles. The molecule has 0 fully saturated rings. The summed E-state index contributed by atoms with van der Waals surface area (Å²) in [4.78, 5) is 19.2. The van der Waals surface area contributed by atoms with Crippen molar-refractivity contribution in [2.24, 2.45) is 0 Å². The number of carbonyl (C=O) groups excluding carboxylic acids is 1. The summed E-state index contributed by atoms with van der Waals surface area (Å²) in [5.74, 6) is 0.571. The van der Waals surface area contributed by atoms with Gasteiger partial charge >= 0.3 is 0 Å². The van der Waals surface area contributed by atoms with Crippen LogP contribution in [-0.2, 0) is 6.42 Å². The van der Waals surface area contributed by atoms with Gasteiger partial charge in [0.2, 0.25) is 0 Å². The first-order valence-corrected chi connectivity index (χ1v) is 6.08. The first kappa shape index (κ1) is 13.0. The van der Waals surface area contributed by atoms with Crippen molar-refractivity contribution in [2.75, 3.05) is 0 Å². The van der Waals surface area contributed by atoms with Crippen LogP contribution in [0.15, 0.2) is 24.3 Å². The van der Waals surface area contributed by atoms with Crippen molar-refractivity contribution in [2.45, 2.75) is 13.3 Å². The van der Waals surface area contributed by atoms with Crippen LogP contribution in [-0.4, -0.2) is 16.3 Å². The van der Waals surface area contributed by atoms with Crippen LogP contribution in [0.2, 0.25) is 10.0 Å². The van der Waals surface area contributed by atoms with Gasteiger partial charge in [-0.2, -0.15) is 0 Å². The van der Waals surface area contributed by atoms with E-state index in [2.05, 4.69) is 9.97 Å². The third-order valence-electron chi connectivity index (χ3n) is 2.40. The molecule has 0 saturated carbocycles. The number of hydrogen-bond acceptors (Lipinski definition) is 3. The number of aldehydes is 1. The van der Waals surface area contributed by atoms with Gasteiger partial charge in [0.15, 0.2) is 6.29 Å². The number of hydrogen-bond donors (Lipinski definition) is 0. The lowest BCUT2D eigenvalue weighted by molar-refractivity contribution is 0.111. The summed E-state index contributed by atoms with van der Waals surface area (Å²) in [5, 5.41) is 1.16. The molecule has 0 aliphatic carbocycles. The molecule has 2 aromatic rings. The molecule has 1 aromatic heterocycles. The Bertz CT molecular complexity index is 600. The van der Waals surface area contributed by atoms with Crippen LogP contribution < -0.4 is 0 Å². The maximum Gasteiger partial charge on any atom is 0.168 e. The van der Waals surface area contributed by atoms with E-state index in [1.807, 2.05) is 13.0 Å². The van der Waals surface area contributed by atoms with Crippen LogP contribution in [0.25, 0.3) is 0 Å². The van der Waals surface area contributed by atoms with E-state index < -0.39 is 0 Å². The molecule has 0 atom stereocenters. The second-order valence-electron chi connectivity index (χ2n) is 3.88. The lowest BCUT2D eigenvalue weighted by Gasteiger charge is -2.05. The van der Waals surface area contributed by atoms with E-state index in [4.69, 9.17) is 23.2 Å². The third-order valence-corrected chi connectivity index (χ3v) is 2.99. The Hall–Kier alpha value is -1.45. The van der Waals surface area contributed by atoms with Crippen molar-refractivity contribution in [3.8, 4) is 0 Å². The van der Waals surface area contributed by atoms with Crippen molar-refractivity contribution in [3.63, 3.8) is 0 Å². The van der Waals surface area contributed by atoms with E-state index in [9.17, 15) is 4.79 Å². The Balaban J connectivity index is 2.33. The zero-order valence-electron chi connectivity index (χ0n) is 9.65. The van der Waals surface area contributed by atoms with Gasteiger partial charge in [-0.1, -0.05) is 29.3 Å². The maximum absolute atomic E-state index is 10.7. The molecule has 0 bridgehead atoms. The van der Waals surface area contributed by atoms with E-state index in [0.717, 1.165) is 11.3 Å². The van der Waals surface area contributed by atoms with Gasteiger partial charge in [-0.05, 0) is 30.7 Å². The Labute approximate surface area is 115 Å². The van der Waals surface area contributed by atoms with Gasteiger partial charge in [-0.3, -0.25) is 4.79 Å². The van der Waals surface area contributed by atoms with Gasteiger partial charge in [0.05, 0.1) is 0 Å². The Morgan fingerprint density at radius 1 is 1.22 bits per heavy atom. The van der Waals surface area contributed by atoms with E-state index >= 15 is 0 Å². The summed E-state index contributed by atoms with van der Waals surface area (Å²) in [6, 6.07) is 6.91. The first-order chi connectivity index (χ1) is 8.58. The zero-order chi connectivity index (χ0) is 13.1. The van der Waals surface area contributed by atoms with Crippen LogP contribution in [0.5, 0.6) is 0 Å².